The van der Waals surface area contributed by atoms with Gasteiger partial charge in [-0.3, -0.25) is 4.98 Å². The number of aryl methyl sites for hydroxylation is 2. The summed E-state index contributed by atoms with van der Waals surface area (Å²) < 4.78 is 0. The number of hydrogen-bond donors (Lipinski definition) is 3. The molecule has 3 aromatic heterocycles. The second kappa shape index (κ2) is 8.19. The Kier molecular flexibility index (Phi) is 5.47. The first-order chi connectivity index (χ1) is 14.0. The number of H-pyrrole nitrogens is 1. The van der Waals surface area contributed by atoms with Crippen LogP contribution in [0, 0.1) is 13.8 Å². The van der Waals surface area contributed by atoms with Crippen LogP contribution in [0.5, 0.6) is 0 Å². The SMILES string of the molecule is Cc1cc(N)nc(C)c1CNCc1ncc(Cc2ccc3ncc(Cl)cc3c2)[nH]1. The zero-order valence-corrected chi connectivity index (χ0v) is 17.2. The standard InChI is InChI=1S/C22H23ClN6/c1-13-5-21(24)28-14(2)19(13)11-25-12-22-27-10-18(29-22)7-15-3-4-20-16(6-15)8-17(23)9-26-20/h3-6,8-10,25H,7,11-12H2,1-2H3,(H2,24,28)(H,27,29). The number of anilines is 1. The number of hydrogen-bond acceptors (Lipinski definition) is 5. The van der Waals surface area contributed by atoms with Gasteiger partial charge in [-0.25, -0.2) is 9.97 Å². The van der Waals surface area contributed by atoms with E-state index in [0.717, 1.165) is 46.6 Å². The van der Waals surface area contributed by atoms with Crippen molar-refractivity contribution in [2.24, 2.45) is 0 Å². The van der Waals surface area contributed by atoms with Crippen molar-refractivity contribution in [3.8, 4) is 0 Å². The lowest BCUT2D eigenvalue weighted by Crippen LogP contribution is -2.16. The van der Waals surface area contributed by atoms with Crippen molar-refractivity contribution in [3.05, 3.63) is 81.7 Å². The molecule has 6 nitrogen and oxygen atoms in total. The van der Waals surface area contributed by atoms with E-state index in [4.69, 9.17) is 17.3 Å². The second-order valence-corrected chi connectivity index (χ2v) is 7.68. The minimum absolute atomic E-state index is 0.561. The van der Waals surface area contributed by atoms with Crippen LogP contribution in [0.4, 0.5) is 5.82 Å². The molecule has 0 saturated carbocycles. The number of nitrogens with zero attached hydrogens (tertiary/aromatic N) is 3. The number of imidazole rings is 1. The van der Waals surface area contributed by atoms with Gasteiger partial charge in [0.1, 0.15) is 11.6 Å². The van der Waals surface area contributed by atoms with Gasteiger partial charge in [0.05, 0.1) is 17.1 Å². The molecule has 0 bridgehead atoms. The third kappa shape index (κ3) is 4.55. The summed E-state index contributed by atoms with van der Waals surface area (Å²) in [5, 5.41) is 5.11. The average molecular weight is 407 g/mol. The van der Waals surface area contributed by atoms with Crippen molar-refractivity contribution < 1.29 is 0 Å². The molecular weight excluding hydrogens is 384 g/mol. The summed E-state index contributed by atoms with van der Waals surface area (Å²) in [4.78, 5) is 16.6. The van der Waals surface area contributed by atoms with E-state index in [2.05, 4.69) is 44.3 Å². The van der Waals surface area contributed by atoms with Crippen LogP contribution in [0.3, 0.4) is 0 Å². The molecule has 0 amide bonds. The maximum absolute atomic E-state index is 6.06. The highest BCUT2D eigenvalue weighted by Gasteiger charge is 2.07. The summed E-state index contributed by atoms with van der Waals surface area (Å²) in [6.07, 6.45) is 4.33. The van der Waals surface area contributed by atoms with Crippen LogP contribution in [0.2, 0.25) is 5.02 Å². The number of fused-ring (bicyclic) bond motifs is 1. The Morgan fingerprint density at radius 3 is 2.76 bits per heavy atom. The number of pyridine rings is 2. The van der Waals surface area contributed by atoms with E-state index in [9.17, 15) is 0 Å². The Hall–Kier alpha value is -2.96. The fraction of sp³-hybridized carbons (Fsp3) is 0.227. The molecule has 7 heteroatoms. The zero-order valence-electron chi connectivity index (χ0n) is 16.5. The van der Waals surface area contributed by atoms with Crippen LogP contribution in [0.1, 0.15) is 33.9 Å². The minimum Gasteiger partial charge on any atom is -0.384 e. The maximum atomic E-state index is 6.06. The van der Waals surface area contributed by atoms with Gasteiger partial charge in [-0.1, -0.05) is 17.7 Å². The summed E-state index contributed by atoms with van der Waals surface area (Å²) in [6, 6.07) is 10.1. The highest BCUT2D eigenvalue weighted by molar-refractivity contribution is 6.31. The lowest BCUT2D eigenvalue weighted by Gasteiger charge is -2.10. The number of halogens is 1. The Morgan fingerprint density at radius 2 is 1.93 bits per heavy atom. The smallest absolute Gasteiger partial charge is 0.123 e. The molecule has 0 aliphatic heterocycles. The van der Waals surface area contributed by atoms with E-state index in [1.165, 1.54) is 11.1 Å². The molecule has 0 aliphatic rings. The second-order valence-electron chi connectivity index (χ2n) is 7.24. The number of aromatic amines is 1. The van der Waals surface area contributed by atoms with Crippen LogP contribution in [0.25, 0.3) is 10.9 Å². The van der Waals surface area contributed by atoms with Crippen LogP contribution in [-0.4, -0.2) is 19.9 Å². The highest BCUT2D eigenvalue weighted by atomic mass is 35.5. The Balaban J connectivity index is 1.39. The molecule has 4 rings (SSSR count). The van der Waals surface area contributed by atoms with Gasteiger partial charge in [0.2, 0.25) is 0 Å². The fourth-order valence-electron chi connectivity index (χ4n) is 3.53. The van der Waals surface area contributed by atoms with Crippen molar-refractivity contribution >= 4 is 28.3 Å². The van der Waals surface area contributed by atoms with Gasteiger partial charge < -0.3 is 16.0 Å². The van der Waals surface area contributed by atoms with Gasteiger partial charge in [-0.05, 0) is 54.8 Å². The van der Waals surface area contributed by atoms with Crippen molar-refractivity contribution in [2.75, 3.05) is 5.73 Å². The third-order valence-corrected chi connectivity index (χ3v) is 5.16. The van der Waals surface area contributed by atoms with E-state index in [1.807, 2.05) is 31.3 Å². The molecule has 0 spiro atoms. The molecule has 3 heterocycles. The number of aromatic nitrogens is 4. The molecule has 29 heavy (non-hydrogen) atoms. The van der Waals surface area contributed by atoms with E-state index in [-0.39, 0.29) is 0 Å². The van der Waals surface area contributed by atoms with Gasteiger partial charge in [0.15, 0.2) is 0 Å². The molecule has 4 N–H and O–H groups in total. The number of rotatable bonds is 6. The summed E-state index contributed by atoms with van der Waals surface area (Å²) in [6.45, 7) is 5.41. The normalized spacial score (nSPS) is 11.3. The van der Waals surface area contributed by atoms with Crippen molar-refractivity contribution in [2.45, 2.75) is 33.4 Å². The van der Waals surface area contributed by atoms with Crippen LogP contribution >= 0.6 is 11.6 Å². The predicted octanol–water partition coefficient (Wildman–Crippen LogP) is 4.09. The number of nitrogens with one attached hydrogen (secondary N) is 2. The number of nitrogens with two attached hydrogens (primary N) is 1. The molecule has 0 aliphatic carbocycles. The molecular formula is C22H23ClN6. The van der Waals surface area contributed by atoms with E-state index in [1.54, 1.807) is 6.20 Å². The first-order valence-corrected chi connectivity index (χ1v) is 9.86. The lowest BCUT2D eigenvalue weighted by atomic mass is 10.1. The first-order valence-electron chi connectivity index (χ1n) is 9.48. The predicted molar refractivity (Wildman–Crippen MR) is 117 cm³/mol. The Labute approximate surface area is 174 Å². The summed E-state index contributed by atoms with van der Waals surface area (Å²) in [7, 11) is 0. The van der Waals surface area contributed by atoms with Crippen LogP contribution in [0.15, 0.2) is 42.7 Å². The van der Waals surface area contributed by atoms with Crippen LogP contribution < -0.4 is 11.1 Å². The topological polar surface area (TPSA) is 92.5 Å². The third-order valence-electron chi connectivity index (χ3n) is 4.96. The summed E-state index contributed by atoms with van der Waals surface area (Å²) in [5.74, 6) is 1.47. The molecule has 0 atom stereocenters. The fourth-order valence-corrected chi connectivity index (χ4v) is 3.70. The van der Waals surface area contributed by atoms with Crippen molar-refractivity contribution in [1.82, 2.24) is 25.3 Å². The molecule has 1 aromatic carbocycles. The minimum atomic E-state index is 0.561. The van der Waals surface area contributed by atoms with Gasteiger partial charge in [0, 0.05) is 42.1 Å². The zero-order chi connectivity index (χ0) is 20.4. The maximum Gasteiger partial charge on any atom is 0.123 e. The van der Waals surface area contributed by atoms with E-state index < -0.39 is 0 Å². The molecule has 0 fully saturated rings. The average Bonchev–Trinajstić information content (AvgIpc) is 3.10. The molecule has 148 valence electrons. The summed E-state index contributed by atoms with van der Waals surface area (Å²) >= 11 is 6.06. The van der Waals surface area contributed by atoms with E-state index in [0.29, 0.717) is 17.4 Å². The van der Waals surface area contributed by atoms with Gasteiger partial charge >= 0.3 is 0 Å². The Morgan fingerprint density at radius 1 is 1.07 bits per heavy atom. The van der Waals surface area contributed by atoms with Gasteiger partial charge in [-0.2, -0.15) is 0 Å². The quantitative estimate of drug-likeness (QED) is 0.448. The van der Waals surface area contributed by atoms with E-state index >= 15 is 0 Å². The highest BCUT2D eigenvalue weighted by Crippen LogP contribution is 2.20. The first kappa shape index (κ1) is 19.4. The molecule has 0 saturated heterocycles. The number of benzene rings is 1. The molecule has 0 unspecified atom stereocenters. The molecule has 4 aromatic rings. The Bertz CT molecular complexity index is 1140. The largest absolute Gasteiger partial charge is 0.384 e. The lowest BCUT2D eigenvalue weighted by molar-refractivity contribution is 0.661. The molecule has 0 radical (unpaired) electrons. The van der Waals surface area contributed by atoms with Crippen molar-refractivity contribution in [3.63, 3.8) is 0 Å². The monoisotopic (exact) mass is 406 g/mol. The number of nitrogen functional groups attached to an aromatic ring is 1. The van der Waals surface area contributed by atoms with Gasteiger partial charge in [0.25, 0.3) is 0 Å². The van der Waals surface area contributed by atoms with Crippen LogP contribution in [-0.2, 0) is 19.5 Å². The van der Waals surface area contributed by atoms with Crippen molar-refractivity contribution in [1.29, 1.82) is 0 Å². The summed E-state index contributed by atoms with van der Waals surface area (Å²) in [5.41, 5.74) is 12.3. The van der Waals surface area contributed by atoms with Gasteiger partial charge in [-0.15, -0.1) is 0 Å².